The largest absolute Gasteiger partial charge is 0.481 e. The van der Waals surface area contributed by atoms with E-state index in [-0.39, 0.29) is 17.7 Å². The summed E-state index contributed by atoms with van der Waals surface area (Å²) in [7, 11) is 0. The summed E-state index contributed by atoms with van der Waals surface area (Å²) in [6, 6.07) is 5.55. The van der Waals surface area contributed by atoms with Crippen LogP contribution in [0.25, 0.3) is 0 Å². The summed E-state index contributed by atoms with van der Waals surface area (Å²) in [4.78, 5) is 22.7. The summed E-state index contributed by atoms with van der Waals surface area (Å²) in [5.74, 6) is -0.869. The first kappa shape index (κ1) is 17.7. The van der Waals surface area contributed by atoms with Gasteiger partial charge in [-0.25, -0.2) is 0 Å². The molecular weight excluding hydrogens is 334 g/mol. The molecule has 0 radical (unpaired) electrons. The summed E-state index contributed by atoms with van der Waals surface area (Å²) < 4.78 is 0.950. The fourth-order valence-corrected chi connectivity index (χ4v) is 2.54. The Morgan fingerprint density at radius 1 is 1.29 bits per heavy atom. The lowest BCUT2D eigenvalue weighted by Crippen LogP contribution is -2.28. The van der Waals surface area contributed by atoms with Crippen molar-refractivity contribution in [3.8, 4) is 0 Å². The molecule has 0 bridgehead atoms. The van der Waals surface area contributed by atoms with Crippen LogP contribution < -0.4 is 5.32 Å². The SMILES string of the molecule is Cc1cc(Br)ccc1C(=O)NCCC(C)(C)CCC(=O)O. The number of halogens is 1. The van der Waals surface area contributed by atoms with Crippen molar-refractivity contribution in [3.05, 3.63) is 33.8 Å². The molecule has 4 nitrogen and oxygen atoms in total. The topological polar surface area (TPSA) is 66.4 Å². The van der Waals surface area contributed by atoms with Gasteiger partial charge in [0, 0.05) is 23.0 Å². The van der Waals surface area contributed by atoms with Gasteiger partial charge in [-0.15, -0.1) is 0 Å². The van der Waals surface area contributed by atoms with Gasteiger partial charge in [0.25, 0.3) is 5.91 Å². The van der Waals surface area contributed by atoms with E-state index in [9.17, 15) is 9.59 Å². The lowest BCUT2D eigenvalue weighted by Gasteiger charge is -2.23. The molecule has 116 valence electrons. The summed E-state index contributed by atoms with van der Waals surface area (Å²) >= 11 is 3.37. The molecule has 0 spiro atoms. The molecule has 0 aliphatic rings. The van der Waals surface area contributed by atoms with E-state index in [2.05, 4.69) is 21.2 Å². The Morgan fingerprint density at radius 3 is 2.52 bits per heavy atom. The highest BCUT2D eigenvalue weighted by atomic mass is 79.9. The molecule has 0 aliphatic heterocycles. The van der Waals surface area contributed by atoms with Crippen molar-refractivity contribution in [3.63, 3.8) is 0 Å². The van der Waals surface area contributed by atoms with Gasteiger partial charge in [0.1, 0.15) is 0 Å². The Kier molecular flexibility index (Phi) is 6.40. The molecule has 1 aromatic carbocycles. The van der Waals surface area contributed by atoms with Gasteiger partial charge in [-0.05, 0) is 48.9 Å². The summed E-state index contributed by atoms with van der Waals surface area (Å²) in [5.41, 5.74) is 1.49. The molecule has 0 fully saturated rings. The molecular formula is C16H22BrNO3. The van der Waals surface area contributed by atoms with E-state index >= 15 is 0 Å². The Balaban J connectivity index is 2.48. The molecule has 0 saturated heterocycles. The highest BCUT2D eigenvalue weighted by Crippen LogP contribution is 2.26. The van der Waals surface area contributed by atoms with E-state index in [0.29, 0.717) is 18.5 Å². The van der Waals surface area contributed by atoms with E-state index in [0.717, 1.165) is 16.5 Å². The maximum Gasteiger partial charge on any atom is 0.303 e. The molecule has 0 unspecified atom stereocenters. The van der Waals surface area contributed by atoms with Crippen LogP contribution in [0.1, 0.15) is 49.0 Å². The van der Waals surface area contributed by atoms with Crippen LogP contribution in [0.3, 0.4) is 0 Å². The van der Waals surface area contributed by atoms with Crippen LogP contribution in [0, 0.1) is 12.3 Å². The van der Waals surface area contributed by atoms with Gasteiger partial charge in [0.2, 0.25) is 0 Å². The number of benzene rings is 1. The van der Waals surface area contributed by atoms with Gasteiger partial charge in [-0.1, -0.05) is 29.8 Å². The fraction of sp³-hybridized carbons (Fsp3) is 0.500. The molecule has 1 aromatic rings. The number of hydrogen-bond donors (Lipinski definition) is 2. The number of carbonyl (C=O) groups is 2. The molecule has 0 heterocycles. The summed E-state index contributed by atoms with van der Waals surface area (Å²) in [5, 5.41) is 11.6. The van der Waals surface area contributed by atoms with Crippen molar-refractivity contribution >= 4 is 27.8 Å². The molecule has 5 heteroatoms. The number of carbonyl (C=O) groups excluding carboxylic acids is 1. The minimum Gasteiger partial charge on any atom is -0.481 e. The number of aliphatic carboxylic acids is 1. The molecule has 0 aromatic heterocycles. The van der Waals surface area contributed by atoms with Crippen LogP contribution in [0.4, 0.5) is 0 Å². The predicted molar refractivity (Wildman–Crippen MR) is 86.5 cm³/mol. The van der Waals surface area contributed by atoms with Crippen molar-refractivity contribution in [1.82, 2.24) is 5.32 Å². The van der Waals surface area contributed by atoms with Crippen LogP contribution in [0.2, 0.25) is 0 Å². The number of carboxylic acid groups (broad SMARTS) is 1. The molecule has 2 N–H and O–H groups in total. The molecule has 0 aliphatic carbocycles. The smallest absolute Gasteiger partial charge is 0.303 e. The monoisotopic (exact) mass is 355 g/mol. The van der Waals surface area contributed by atoms with Gasteiger partial charge < -0.3 is 10.4 Å². The van der Waals surface area contributed by atoms with Gasteiger partial charge in [-0.2, -0.15) is 0 Å². The normalized spacial score (nSPS) is 11.2. The van der Waals surface area contributed by atoms with Crippen molar-refractivity contribution in [2.24, 2.45) is 5.41 Å². The van der Waals surface area contributed by atoms with Gasteiger partial charge >= 0.3 is 5.97 Å². The van der Waals surface area contributed by atoms with Crippen LogP contribution in [0.15, 0.2) is 22.7 Å². The maximum atomic E-state index is 12.1. The molecule has 1 amide bonds. The van der Waals surface area contributed by atoms with Crippen LogP contribution in [0.5, 0.6) is 0 Å². The molecule has 1 rings (SSSR count). The number of rotatable bonds is 7. The second-order valence-corrected chi connectivity index (χ2v) is 6.94. The third kappa shape index (κ3) is 6.29. The standard InChI is InChI=1S/C16H22BrNO3/c1-11-10-12(17)4-5-13(11)15(21)18-9-8-16(2,3)7-6-14(19)20/h4-5,10H,6-9H2,1-3H3,(H,18,21)(H,19,20). The number of aryl methyl sites for hydroxylation is 1. The third-order valence-corrected chi connectivity index (χ3v) is 4.03. The van der Waals surface area contributed by atoms with Gasteiger partial charge in [0.15, 0.2) is 0 Å². The molecule has 21 heavy (non-hydrogen) atoms. The first-order valence-corrected chi connectivity index (χ1v) is 7.77. The minimum absolute atomic E-state index is 0.0889. The summed E-state index contributed by atoms with van der Waals surface area (Å²) in [6.07, 6.45) is 1.52. The van der Waals surface area contributed by atoms with E-state index < -0.39 is 5.97 Å². The van der Waals surface area contributed by atoms with Gasteiger partial charge in [0.05, 0.1) is 0 Å². The van der Waals surface area contributed by atoms with Crippen molar-refractivity contribution in [2.45, 2.75) is 40.0 Å². The number of amides is 1. The Labute approximate surface area is 134 Å². The van der Waals surface area contributed by atoms with E-state index in [1.54, 1.807) is 6.07 Å². The lowest BCUT2D eigenvalue weighted by atomic mass is 9.84. The lowest BCUT2D eigenvalue weighted by molar-refractivity contribution is -0.137. The quantitative estimate of drug-likeness (QED) is 0.782. The third-order valence-electron chi connectivity index (χ3n) is 3.54. The van der Waals surface area contributed by atoms with E-state index in [1.807, 2.05) is 32.9 Å². The Morgan fingerprint density at radius 2 is 1.95 bits per heavy atom. The molecule has 0 saturated carbocycles. The van der Waals surface area contributed by atoms with Crippen LogP contribution in [-0.2, 0) is 4.79 Å². The second kappa shape index (κ2) is 7.59. The first-order chi connectivity index (χ1) is 9.71. The van der Waals surface area contributed by atoms with E-state index in [4.69, 9.17) is 5.11 Å². The predicted octanol–water partition coefficient (Wildman–Crippen LogP) is 3.77. The van der Waals surface area contributed by atoms with E-state index in [1.165, 1.54) is 0 Å². The van der Waals surface area contributed by atoms with Gasteiger partial charge in [-0.3, -0.25) is 9.59 Å². The molecule has 0 atom stereocenters. The number of carboxylic acids is 1. The number of nitrogens with one attached hydrogen (secondary N) is 1. The van der Waals surface area contributed by atoms with Crippen molar-refractivity contribution in [1.29, 1.82) is 0 Å². The Bertz CT molecular complexity index is 526. The second-order valence-electron chi connectivity index (χ2n) is 6.02. The van der Waals surface area contributed by atoms with Crippen molar-refractivity contribution in [2.75, 3.05) is 6.54 Å². The van der Waals surface area contributed by atoms with Crippen LogP contribution >= 0.6 is 15.9 Å². The average molecular weight is 356 g/mol. The average Bonchev–Trinajstić information content (AvgIpc) is 2.36. The maximum absolute atomic E-state index is 12.1. The van der Waals surface area contributed by atoms with Crippen LogP contribution in [-0.4, -0.2) is 23.5 Å². The minimum atomic E-state index is -0.780. The first-order valence-electron chi connectivity index (χ1n) is 6.97. The Hall–Kier alpha value is -1.36. The zero-order valence-electron chi connectivity index (χ0n) is 12.7. The zero-order valence-corrected chi connectivity index (χ0v) is 14.3. The number of hydrogen-bond acceptors (Lipinski definition) is 2. The highest BCUT2D eigenvalue weighted by Gasteiger charge is 2.19. The fourth-order valence-electron chi connectivity index (χ4n) is 2.06. The highest BCUT2D eigenvalue weighted by molar-refractivity contribution is 9.10. The van der Waals surface area contributed by atoms with Crippen molar-refractivity contribution < 1.29 is 14.7 Å². The zero-order chi connectivity index (χ0) is 16.0. The summed E-state index contributed by atoms with van der Waals surface area (Å²) in [6.45, 7) is 6.48.